The summed E-state index contributed by atoms with van der Waals surface area (Å²) in [4.78, 5) is 30.9. The van der Waals surface area contributed by atoms with E-state index < -0.39 is 17.7 Å². The van der Waals surface area contributed by atoms with E-state index in [0.29, 0.717) is 23.4 Å². The van der Waals surface area contributed by atoms with Crippen molar-refractivity contribution < 1.29 is 14.3 Å². The molecule has 1 fully saturated rings. The number of amides is 2. The van der Waals surface area contributed by atoms with E-state index in [2.05, 4.69) is 26.2 Å². The number of nitrogens with zero attached hydrogens (tertiary/aromatic N) is 2. The number of nitrogens with one attached hydrogen (secondary N) is 1. The van der Waals surface area contributed by atoms with Crippen molar-refractivity contribution in [3.8, 4) is 0 Å². The molecular formula is C17H24BrN3O3. The van der Waals surface area contributed by atoms with Crippen LogP contribution in [0.3, 0.4) is 0 Å². The fraction of sp³-hybridized carbons (Fsp3) is 0.588. The molecule has 0 bridgehead atoms. The van der Waals surface area contributed by atoms with Crippen LogP contribution in [-0.4, -0.2) is 40.1 Å². The van der Waals surface area contributed by atoms with Crippen LogP contribution >= 0.6 is 15.9 Å². The van der Waals surface area contributed by atoms with E-state index in [9.17, 15) is 9.59 Å². The first-order chi connectivity index (χ1) is 11.1. The monoisotopic (exact) mass is 397 g/mol. The lowest BCUT2D eigenvalue weighted by Gasteiger charge is -2.28. The number of carbonyl (C=O) groups excluding carboxylic acids is 2. The Kier molecular flexibility index (Phi) is 5.52. The number of rotatable bonds is 2. The van der Waals surface area contributed by atoms with Crippen molar-refractivity contribution in [2.45, 2.75) is 52.7 Å². The standard InChI is InChI=1S/C17H24BrN3O3/c1-10-8-12(21(9-10)16(23)24-17(3,4)5)15(22)20-14-11(2)6-7-13(18)19-14/h6-7,10,12H,8-9H2,1-5H3,(H,19,20,22)/t10-,12-/m0/s1. The van der Waals surface area contributed by atoms with E-state index in [4.69, 9.17) is 4.74 Å². The zero-order chi connectivity index (χ0) is 18.1. The average molecular weight is 398 g/mol. The van der Waals surface area contributed by atoms with E-state index in [1.807, 2.05) is 46.8 Å². The molecule has 0 saturated carbocycles. The van der Waals surface area contributed by atoms with Crippen LogP contribution in [0.4, 0.5) is 10.6 Å². The number of halogens is 1. The van der Waals surface area contributed by atoms with E-state index in [1.54, 1.807) is 0 Å². The number of hydrogen-bond donors (Lipinski definition) is 1. The Morgan fingerprint density at radius 2 is 2.04 bits per heavy atom. The van der Waals surface area contributed by atoms with Crippen molar-refractivity contribution in [3.63, 3.8) is 0 Å². The molecule has 24 heavy (non-hydrogen) atoms. The molecule has 0 spiro atoms. The second-order valence-electron chi connectivity index (χ2n) is 7.28. The van der Waals surface area contributed by atoms with Gasteiger partial charge in [-0.2, -0.15) is 0 Å². The maximum absolute atomic E-state index is 12.7. The zero-order valence-electron chi connectivity index (χ0n) is 14.7. The number of ether oxygens (including phenoxy) is 1. The van der Waals surface area contributed by atoms with Crippen molar-refractivity contribution in [3.05, 3.63) is 22.3 Å². The molecule has 1 aliphatic heterocycles. The lowest BCUT2D eigenvalue weighted by Crippen LogP contribution is -2.45. The molecule has 1 N–H and O–H groups in total. The Balaban J connectivity index is 2.14. The Morgan fingerprint density at radius 1 is 1.38 bits per heavy atom. The summed E-state index contributed by atoms with van der Waals surface area (Å²) in [6, 6.07) is 3.14. The van der Waals surface area contributed by atoms with Crippen LogP contribution in [0.25, 0.3) is 0 Å². The molecule has 0 aliphatic carbocycles. The van der Waals surface area contributed by atoms with E-state index in [-0.39, 0.29) is 11.8 Å². The Hall–Kier alpha value is -1.63. The van der Waals surface area contributed by atoms with Crippen molar-refractivity contribution in [2.24, 2.45) is 5.92 Å². The van der Waals surface area contributed by atoms with Crippen LogP contribution in [0.1, 0.15) is 39.7 Å². The van der Waals surface area contributed by atoms with E-state index >= 15 is 0 Å². The smallest absolute Gasteiger partial charge is 0.410 e. The number of aryl methyl sites for hydroxylation is 1. The molecule has 1 aromatic heterocycles. The maximum atomic E-state index is 12.7. The molecule has 7 heteroatoms. The van der Waals surface area contributed by atoms with Gasteiger partial charge >= 0.3 is 6.09 Å². The second-order valence-corrected chi connectivity index (χ2v) is 8.09. The average Bonchev–Trinajstić information content (AvgIpc) is 2.83. The number of carbonyl (C=O) groups is 2. The fourth-order valence-corrected chi connectivity index (χ4v) is 2.96. The van der Waals surface area contributed by atoms with Gasteiger partial charge in [0.15, 0.2) is 0 Å². The van der Waals surface area contributed by atoms with Crippen LogP contribution in [0.5, 0.6) is 0 Å². The Bertz CT molecular complexity index is 642. The van der Waals surface area contributed by atoms with Gasteiger partial charge in [-0.25, -0.2) is 9.78 Å². The summed E-state index contributed by atoms with van der Waals surface area (Å²) in [6.45, 7) is 9.85. The number of likely N-dealkylation sites (tertiary alicyclic amines) is 1. The third-order valence-electron chi connectivity index (χ3n) is 3.75. The summed E-state index contributed by atoms with van der Waals surface area (Å²) in [5.74, 6) is 0.502. The van der Waals surface area contributed by atoms with E-state index in [0.717, 1.165) is 5.56 Å². The van der Waals surface area contributed by atoms with Crippen LogP contribution < -0.4 is 5.32 Å². The quantitative estimate of drug-likeness (QED) is 0.771. The lowest BCUT2D eigenvalue weighted by atomic mass is 10.1. The molecule has 2 atom stereocenters. The highest BCUT2D eigenvalue weighted by molar-refractivity contribution is 9.10. The Labute approximate surface area is 151 Å². The number of anilines is 1. The third kappa shape index (κ3) is 4.69. The number of hydrogen-bond acceptors (Lipinski definition) is 4. The van der Waals surface area contributed by atoms with Crippen LogP contribution in [0, 0.1) is 12.8 Å². The summed E-state index contributed by atoms with van der Waals surface area (Å²) in [5.41, 5.74) is 0.272. The first-order valence-corrected chi connectivity index (χ1v) is 8.80. The highest BCUT2D eigenvalue weighted by Gasteiger charge is 2.40. The van der Waals surface area contributed by atoms with Gasteiger partial charge < -0.3 is 10.1 Å². The van der Waals surface area contributed by atoms with Gasteiger partial charge in [0.1, 0.15) is 22.1 Å². The van der Waals surface area contributed by atoms with Crippen molar-refractivity contribution in [1.82, 2.24) is 9.88 Å². The molecule has 2 amide bonds. The molecule has 0 radical (unpaired) electrons. The van der Waals surface area contributed by atoms with Gasteiger partial charge in [-0.1, -0.05) is 13.0 Å². The van der Waals surface area contributed by atoms with Gasteiger partial charge in [0.2, 0.25) is 5.91 Å². The third-order valence-corrected chi connectivity index (χ3v) is 4.19. The molecule has 0 aromatic carbocycles. The molecular weight excluding hydrogens is 374 g/mol. The number of aromatic nitrogens is 1. The van der Waals surface area contributed by atoms with Crippen molar-refractivity contribution in [2.75, 3.05) is 11.9 Å². The molecule has 1 aliphatic rings. The SMILES string of the molecule is Cc1ccc(Br)nc1NC(=O)[C@@H]1C[C@H](C)CN1C(=O)OC(C)(C)C. The fourth-order valence-electron chi connectivity index (χ4n) is 2.65. The summed E-state index contributed by atoms with van der Waals surface area (Å²) in [7, 11) is 0. The normalized spacial score (nSPS) is 20.8. The molecule has 2 heterocycles. The van der Waals surface area contributed by atoms with Crippen LogP contribution in [0.2, 0.25) is 0 Å². The van der Waals surface area contributed by atoms with Gasteiger partial charge in [-0.05, 0) is 67.6 Å². The van der Waals surface area contributed by atoms with Gasteiger partial charge in [0.25, 0.3) is 0 Å². The summed E-state index contributed by atoms with van der Waals surface area (Å²) in [6.07, 6.45) is 0.156. The minimum absolute atomic E-state index is 0.237. The van der Waals surface area contributed by atoms with Gasteiger partial charge in [0.05, 0.1) is 0 Å². The molecule has 0 unspecified atom stereocenters. The predicted octanol–water partition coefficient (Wildman–Crippen LogP) is 3.74. The molecule has 6 nitrogen and oxygen atoms in total. The van der Waals surface area contributed by atoms with Gasteiger partial charge in [-0.3, -0.25) is 9.69 Å². The lowest BCUT2D eigenvalue weighted by molar-refractivity contribution is -0.120. The molecule has 2 rings (SSSR count). The van der Waals surface area contributed by atoms with E-state index in [1.165, 1.54) is 4.90 Å². The summed E-state index contributed by atoms with van der Waals surface area (Å²) >= 11 is 3.30. The highest BCUT2D eigenvalue weighted by atomic mass is 79.9. The van der Waals surface area contributed by atoms with Crippen molar-refractivity contribution >= 4 is 33.7 Å². The first-order valence-electron chi connectivity index (χ1n) is 8.00. The maximum Gasteiger partial charge on any atom is 0.410 e. The summed E-state index contributed by atoms with van der Waals surface area (Å²) < 4.78 is 6.07. The van der Waals surface area contributed by atoms with Gasteiger partial charge in [0, 0.05) is 6.54 Å². The predicted molar refractivity (Wildman–Crippen MR) is 95.8 cm³/mol. The number of pyridine rings is 1. The van der Waals surface area contributed by atoms with Crippen LogP contribution in [0.15, 0.2) is 16.7 Å². The second kappa shape index (κ2) is 7.09. The first kappa shape index (κ1) is 18.7. The highest BCUT2D eigenvalue weighted by Crippen LogP contribution is 2.26. The minimum Gasteiger partial charge on any atom is -0.444 e. The van der Waals surface area contributed by atoms with Crippen LogP contribution in [-0.2, 0) is 9.53 Å². The zero-order valence-corrected chi connectivity index (χ0v) is 16.3. The largest absolute Gasteiger partial charge is 0.444 e. The van der Waals surface area contributed by atoms with Gasteiger partial charge in [-0.15, -0.1) is 0 Å². The molecule has 1 aromatic rings. The molecule has 132 valence electrons. The van der Waals surface area contributed by atoms with Crippen molar-refractivity contribution in [1.29, 1.82) is 0 Å². The minimum atomic E-state index is -0.591. The Morgan fingerprint density at radius 3 is 2.67 bits per heavy atom. The summed E-state index contributed by atoms with van der Waals surface area (Å²) in [5, 5.41) is 2.83. The molecule has 1 saturated heterocycles. The topological polar surface area (TPSA) is 71.5 Å².